The summed E-state index contributed by atoms with van der Waals surface area (Å²) in [6.07, 6.45) is 6.86. The first-order valence-corrected chi connectivity index (χ1v) is 10.7. The second-order valence-electron chi connectivity index (χ2n) is 7.83. The quantitative estimate of drug-likeness (QED) is 0.530. The molecule has 1 fully saturated rings. The Morgan fingerprint density at radius 1 is 1.28 bits per heavy atom. The highest BCUT2D eigenvalue weighted by Crippen LogP contribution is 2.29. The third-order valence-corrected chi connectivity index (χ3v) is 5.61. The number of imidazole rings is 1. The average Bonchev–Trinajstić information content (AvgIpc) is 3.22. The molecule has 1 aliphatic heterocycles. The van der Waals surface area contributed by atoms with Gasteiger partial charge in [0.15, 0.2) is 5.76 Å². The second-order valence-corrected chi connectivity index (χ2v) is 8.26. The molecule has 0 aliphatic carbocycles. The van der Waals surface area contributed by atoms with Crippen molar-refractivity contribution in [2.45, 2.75) is 32.9 Å². The zero-order valence-corrected chi connectivity index (χ0v) is 19.2. The van der Waals surface area contributed by atoms with Gasteiger partial charge in [-0.1, -0.05) is 17.7 Å². The highest BCUT2D eigenvalue weighted by Gasteiger charge is 2.33. The lowest BCUT2D eigenvalue weighted by molar-refractivity contribution is -0.141. The van der Waals surface area contributed by atoms with E-state index in [9.17, 15) is 4.79 Å². The van der Waals surface area contributed by atoms with Gasteiger partial charge in [0.05, 0.1) is 48.1 Å². The highest BCUT2D eigenvalue weighted by atomic mass is 35.5. The third-order valence-electron chi connectivity index (χ3n) is 5.39. The molecule has 0 saturated carbocycles. The Morgan fingerprint density at radius 3 is 2.75 bits per heavy atom. The van der Waals surface area contributed by atoms with Crippen LogP contribution in [-0.4, -0.2) is 45.1 Å². The molecule has 4 rings (SSSR count). The summed E-state index contributed by atoms with van der Waals surface area (Å²) in [5.41, 5.74) is 3.36. The SMILES string of the molecule is COc1cc(C=C2O[C@@H](C)CN([C@@H](C)c3ccc(Cl)cn3)C2=O)ccc1-n1cnc(C)c1. The normalized spacial score (nSPS) is 18.5. The van der Waals surface area contributed by atoms with E-state index in [1.807, 2.05) is 55.8 Å². The minimum atomic E-state index is -0.212. The molecular weight excluding hydrogens is 428 g/mol. The van der Waals surface area contributed by atoms with Crippen molar-refractivity contribution in [3.63, 3.8) is 0 Å². The molecule has 1 aliphatic rings. The van der Waals surface area contributed by atoms with Crippen LogP contribution in [0.4, 0.5) is 0 Å². The van der Waals surface area contributed by atoms with Gasteiger partial charge < -0.3 is 18.9 Å². The molecule has 2 aromatic heterocycles. The molecule has 0 radical (unpaired) electrons. The lowest BCUT2D eigenvalue weighted by Gasteiger charge is -2.36. The number of methoxy groups -OCH3 is 1. The Kier molecular flexibility index (Phi) is 6.19. The van der Waals surface area contributed by atoms with Gasteiger partial charge in [-0.3, -0.25) is 9.78 Å². The zero-order chi connectivity index (χ0) is 22.8. The van der Waals surface area contributed by atoms with E-state index >= 15 is 0 Å². The van der Waals surface area contributed by atoms with E-state index in [4.69, 9.17) is 21.1 Å². The zero-order valence-electron chi connectivity index (χ0n) is 18.4. The lowest BCUT2D eigenvalue weighted by Crippen LogP contribution is -2.45. The van der Waals surface area contributed by atoms with Crippen molar-refractivity contribution in [1.82, 2.24) is 19.4 Å². The smallest absolute Gasteiger partial charge is 0.289 e. The number of amides is 1. The van der Waals surface area contributed by atoms with Crippen molar-refractivity contribution < 1.29 is 14.3 Å². The predicted octanol–water partition coefficient (Wildman–Crippen LogP) is 4.59. The Hall–Kier alpha value is -3.32. The van der Waals surface area contributed by atoms with Crippen LogP contribution in [0.3, 0.4) is 0 Å². The van der Waals surface area contributed by atoms with Crippen LogP contribution in [-0.2, 0) is 9.53 Å². The maximum atomic E-state index is 13.2. The number of carbonyl (C=O) groups is 1. The fourth-order valence-electron chi connectivity index (χ4n) is 3.73. The number of aromatic nitrogens is 3. The first kappa shape index (κ1) is 21.9. The maximum absolute atomic E-state index is 13.2. The molecule has 32 heavy (non-hydrogen) atoms. The fourth-order valence-corrected chi connectivity index (χ4v) is 3.84. The summed E-state index contributed by atoms with van der Waals surface area (Å²) in [6.45, 7) is 6.31. The molecule has 8 heteroatoms. The van der Waals surface area contributed by atoms with Crippen LogP contribution in [0, 0.1) is 6.92 Å². The highest BCUT2D eigenvalue weighted by molar-refractivity contribution is 6.30. The number of rotatable bonds is 5. The van der Waals surface area contributed by atoms with Gasteiger partial charge >= 0.3 is 0 Å². The molecule has 166 valence electrons. The monoisotopic (exact) mass is 452 g/mol. The van der Waals surface area contributed by atoms with Crippen molar-refractivity contribution in [3.8, 4) is 11.4 Å². The Labute approximate surface area is 192 Å². The fraction of sp³-hybridized carbons (Fsp3) is 0.292. The molecule has 3 aromatic rings. The maximum Gasteiger partial charge on any atom is 0.289 e. The topological polar surface area (TPSA) is 69.5 Å². The van der Waals surface area contributed by atoms with Crippen molar-refractivity contribution in [3.05, 3.63) is 76.8 Å². The molecular formula is C24H25ClN4O3. The first-order valence-electron chi connectivity index (χ1n) is 10.4. The Balaban J connectivity index is 1.62. The van der Waals surface area contributed by atoms with E-state index in [1.165, 1.54) is 0 Å². The van der Waals surface area contributed by atoms with Gasteiger partial charge in [0.2, 0.25) is 0 Å². The molecule has 3 heterocycles. The molecule has 1 aromatic carbocycles. The van der Waals surface area contributed by atoms with Gasteiger partial charge in [0.1, 0.15) is 11.9 Å². The molecule has 0 N–H and O–H groups in total. The van der Waals surface area contributed by atoms with Gasteiger partial charge in [0, 0.05) is 12.4 Å². The van der Waals surface area contributed by atoms with Crippen molar-refractivity contribution in [2.75, 3.05) is 13.7 Å². The number of ether oxygens (including phenoxy) is 2. The Bertz CT molecular complexity index is 1160. The molecule has 0 spiro atoms. The number of benzene rings is 1. The van der Waals surface area contributed by atoms with Crippen LogP contribution in [0.1, 0.15) is 36.8 Å². The molecule has 1 amide bonds. The number of aryl methyl sites for hydroxylation is 1. The summed E-state index contributed by atoms with van der Waals surface area (Å²) < 4.78 is 13.4. The molecule has 1 saturated heterocycles. The summed E-state index contributed by atoms with van der Waals surface area (Å²) in [6, 6.07) is 9.14. The van der Waals surface area contributed by atoms with Crippen LogP contribution < -0.4 is 4.74 Å². The van der Waals surface area contributed by atoms with Gasteiger partial charge in [-0.25, -0.2) is 4.98 Å². The van der Waals surface area contributed by atoms with Gasteiger partial charge in [0.25, 0.3) is 5.91 Å². The van der Waals surface area contributed by atoms with Gasteiger partial charge in [-0.2, -0.15) is 0 Å². The molecule has 0 bridgehead atoms. The molecule has 7 nitrogen and oxygen atoms in total. The minimum absolute atomic E-state index is 0.149. The third kappa shape index (κ3) is 4.48. The number of pyridine rings is 1. The summed E-state index contributed by atoms with van der Waals surface area (Å²) in [5, 5.41) is 0.562. The minimum Gasteiger partial charge on any atom is -0.495 e. The van der Waals surface area contributed by atoms with Crippen LogP contribution >= 0.6 is 11.6 Å². The van der Waals surface area contributed by atoms with Crippen molar-refractivity contribution >= 4 is 23.6 Å². The standard InChI is InChI=1S/C24H25ClN4O3/c1-15-12-28(14-27-15)21-8-5-18(9-22(21)31-4)10-23-24(30)29(13-16(2)32-23)17(3)20-7-6-19(25)11-26-20/h5-12,14,16-17H,13H2,1-4H3/t16-,17-/m0/s1. The van der Waals surface area contributed by atoms with E-state index in [0.29, 0.717) is 17.3 Å². The van der Waals surface area contributed by atoms with Gasteiger partial charge in [-0.15, -0.1) is 0 Å². The summed E-state index contributed by atoms with van der Waals surface area (Å²) >= 11 is 5.96. The van der Waals surface area contributed by atoms with Crippen LogP contribution in [0.2, 0.25) is 5.02 Å². The summed E-state index contributed by atoms with van der Waals surface area (Å²) in [7, 11) is 1.62. The van der Waals surface area contributed by atoms with Crippen LogP contribution in [0.25, 0.3) is 11.8 Å². The van der Waals surface area contributed by atoms with Crippen molar-refractivity contribution in [2.24, 2.45) is 0 Å². The molecule has 2 atom stereocenters. The van der Waals surface area contributed by atoms with E-state index < -0.39 is 0 Å². The summed E-state index contributed by atoms with van der Waals surface area (Å²) in [4.78, 5) is 23.7. The average molecular weight is 453 g/mol. The number of morpholine rings is 1. The van der Waals surface area contributed by atoms with E-state index in [-0.39, 0.29) is 23.8 Å². The van der Waals surface area contributed by atoms with Gasteiger partial charge in [-0.05, 0) is 56.7 Å². The Morgan fingerprint density at radius 2 is 2.09 bits per heavy atom. The number of hydrogen-bond donors (Lipinski definition) is 0. The number of carbonyl (C=O) groups excluding carboxylic acids is 1. The first-order chi connectivity index (χ1) is 15.4. The number of nitrogens with zero attached hydrogens (tertiary/aromatic N) is 4. The molecule has 0 unspecified atom stereocenters. The van der Waals surface area contributed by atoms with Crippen LogP contribution in [0.5, 0.6) is 5.75 Å². The van der Waals surface area contributed by atoms with E-state index in [0.717, 1.165) is 22.6 Å². The number of hydrogen-bond acceptors (Lipinski definition) is 5. The van der Waals surface area contributed by atoms with E-state index in [2.05, 4.69) is 9.97 Å². The predicted molar refractivity (Wildman–Crippen MR) is 123 cm³/mol. The van der Waals surface area contributed by atoms with E-state index in [1.54, 1.807) is 36.7 Å². The summed E-state index contributed by atoms with van der Waals surface area (Å²) in [5.74, 6) is 0.780. The lowest BCUT2D eigenvalue weighted by atomic mass is 10.1. The van der Waals surface area contributed by atoms with Crippen LogP contribution in [0.15, 0.2) is 54.8 Å². The van der Waals surface area contributed by atoms with Crippen molar-refractivity contribution in [1.29, 1.82) is 0 Å². The second kappa shape index (κ2) is 9.04. The largest absolute Gasteiger partial charge is 0.495 e. The number of halogens is 1.